The van der Waals surface area contributed by atoms with Crippen molar-refractivity contribution in [3.05, 3.63) is 53.1 Å². The second-order valence-electron chi connectivity index (χ2n) is 15.8. The van der Waals surface area contributed by atoms with Crippen LogP contribution in [-0.2, 0) is 30.6 Å². The van der Waals surface area contributed by atoms with Crippen molar-refractivity contribution in [2.45, 2.75) is 116 Å². The summed E-state index contributed by atoms with van der Waals surface area (Å²) in [6, 6.07) is 13.7. The summed E-state index contributed by atoms with van der Waals surface area (Å²) >= 11 is 0. The SMILES string of the molecule is CC[N+](CC)(CCOC(=O)C1CCC(C#N)(c2ccc(OC)c(OC3CCCC3)c2)CC1)Cc1ccc(C(O)CNC(C)(C)C)cc1OCOP(=O)(O)O. The lowest BCUT2D eigenvalue weighted by molar-refractivity contribution is -0.937. The van der Waals surface area contributed by atoms with E-state index < -0.39 is 26.1 Å². The largest absolute Gasteiger partial charge is 0.493 e. The second kappa shape index (κ2) is 19.1. The highest BCUT2D eigenvalue weighted by atomic mass is 31.2. The molecule has 0 radical (unpaired) electrons. The Morgan fingerprint density at radius 2 is 1.72 bits per heavy atom. The number of phosphoric acid groups is 1. The number of β-amino-alcohol motifs (C(OH)–C–C–N with tert-alkyl or cyclic N) is 1. The number of likely N-dealkylation sites (N-methyl/N-ethyl adjacent to an activating group) is 1. The number of carbonyl (C=O) groups excluding carboxylic acids is 1. The van der Waals surface area contributed by atoms with Gasteiger partial charge >= 0.3 is 13.8 Å². The maximum atomic E-state index is 13.4. The van der Waals surface area contributed by atoms with E-state index >= 15 is 0 Å². The Labute approximate surface area is 320 Å². The van der Waals surface area contributed by atoms with Crippen LogP contribution in [0.4, 0.5) is 0 Å². The average Bonchev–Trinajstić information content (AvgIpc) is 3.66. The molecule has 300 valence electrons. The van der Waals surface area contributed by atoms with Gasteiger partial charge in [0.1, 0.15) is 25.4 Å². The Hall–Kier alpha value is -3.21. The fourth-order valence-corrected chi connectivity index (χ4v) is 7.64. The van der Waals surface area contributed by atoms with Crippen molar-refractivity contribution in [1.29, 1.82) is 5.26 Å². The predicted molar refractivity (Wildman–Crippen MR) is 204 cm³/mol. The summed E-state index contributed by atoms with van der Waals surface area (Å²) in [5.74, 6) is 1.11. The van der Waals surface area contributed by atoms with E-state index in [4.69, 9.17) is 18.9 Å². The molecule has 1 atom stereocenters. The van der Waals surface area contributed by atoms with Gasteiger partial charge in [-0.05, 0) is 121 Å². The van der Waals surface area contributed by atoms with Gasteiger partial charge in [-0.25, -0.2) is 9.09 Å². The van der Waals surface area contributed by atoms with E-state index in [1.165, 1.54) is 0 Å². The van der Waals surface area contributed by atoms with Crippen LogP contribution in [-0.4, -0.2) is 83.7 Å². The van der Waals surface area contributed by atoms with Gasteiger partial charge in [0, 0.05) is 17.6 Å². The Balaban J connectivity index is 1.39. The van der Waals surface area contributed by atoms with Crippen molar-refractivity contribution in [1.82, 2.24) is 5.32 Å². The van der Waals surface area contributed by atoms with Gasteiger partial charge in [0.15, 0.2) is 18.3 Å². The Kier molecular flexibility index (Phi) is 15.4. The van der Waals surface area contributed by atoms with E-state index in [-0.39, 0.29) is 30.1 Å². The number of nitrogens with zero attached hydrogens (tertiary/aromatic N) is 2. The molecular formula is C40H61N3O10P+. The molecule has 2 fully saturated rings. The van der Waals surface area contributed by atoms with Gasteiger partial charge in [-0.1, -0.05) is 12.1 Å². The smallest absolute Gasteiger partial charge is 0.472 e. The van der Waals surface area contributed by atoms with Crippen LogP contribution in [0.1, 0.15) is 109 Å². The fraction of sp³-hybridized carbons (Fsp3) is 0.650. The number of phosphoric ester groups is 1. The molecule has 0 aliphatic heterocycles. The Morgan fingerprint density at radius 3 is 2.31 bits per heavy atom. The Bertz CT molecular complexity index is 1620. The van der Waals surface area contributed by atoms with E-state index in [1.807, 2.05) is 51.1 Å². The van der Waals surface area contributed by atoms with Gasteiger partial charge in [-0.2, -0.15) is 5.26 Å². The van der Waals surface area contributed by atoms with Crippen LogP contribution in [0.2, 0.25) is 0 Å². The third kappa shape index (κ3) is 12.1. The molecule has 2 saturated carbocycles. The molecule has 4 N–H and O–H groups in total. The molecule has 14 heteroatoms. The van der Waals surface area contributed by atoms with Crippen molar-refractivity contribution >= 4 is 13.8 Å². The first-order valence-corrected chi connectivity index (χ1v) is 20.7. The second-order valence-corrected chi connectivity index (χ2v) is 17.0. The molecule has 2 aliphatic rings. The molecule has 2 aliphatic carbocycles. The molecule has 0 spiro atoms. The highest BCUT2D eigenvalue weighted by molar-refractivity contribution is 7.46. The molecule has 1 unspecified atom stereocenters. The normalized spacial score (nSPS) is 20.3. The highest BCUT2D eigenvalue weighted by Crippen LogP contribution is 2.44. The van der Waals surface area contributed by atoms with Crippen molar-refractivity contribution in [2.75, 3.05) is 46.7 Å². The maximum absolute atomic E-state index is 13.4. The van der Waals surface area contributed by atoms with E-state index in [9.17, 15) is 29.5 Å². The molecule has 0 saturated heterocycles. The molecule has 0 aromatic heterocycles. The minimum Gasteiger partial charge on any atom is -0.493 e. The lowest BCUT2D eigenvalue weighted by Crippen LogP contribution is -2.49. The molecule has 13 nitrogen and oxygen atoms in total. The molecule has 2 aromatic carbocycles. The van der Waals surface area contributed by atoms with Gasteiger partial charge < -0.3 is 43.6 Å². The topological polar surface area (TPSA) is 177 Å². The number of rotatable bonds is 19. The number of esters is 1. The van der Waals surface area contributed by atoms with E-state index in [0.717, 1.165) is 49.9 Å². The minimum atomic E-state index is -4.76. The quantitative estimate of drug-likeness (QED) is 0.0533. The zero-order valence-corrected chi connectivity index (χ0v) is 33.7. The maximum Gasteiger partial charge on any atom is 0.472 e. The van der Waals surface area contributed by atoms with E-state index in [0.29, 0.717) is 72.6 Å². The molecule has 0 heterocycles. The van der Waals surface area contributed by atoms with E-state index in [1.54, 1.807) is 13.2 Å². The lowest BCUT2D eigenvalue weighted by Gasteiger charge is -2.38. The molecular weight excluding hydrogens is 713 g/mol. The first-order valence-electron chi connectivity index (χ1n) is 19.2. The van der Waals surface area contributed by atoms with Gasteiger partial charge in [0.25, 0.3) is 0 Å². The summed E-state index contributed by atoms with van der Waals surface area (Å²) < 4.78 is 40.0. The lowest BCUT2D eigenvalue weighted by atomic mass is 9.67. The average molecular weight is 775 g/mol. The van der Waals surface area contributed by atoms with Gasteiger partial charge in [0.05, 0.1) is 49.8 Å². The molecule has 4 rings (SSSR count). The van der Waals surface area contributed by atoms with Crippen molar-refractivity contribution in [3.63, 3.8) is 0 Å². The first-order chi connectivity index (χ1) is 25.5. The number of ether oxygens (including phenoxy) is 4. The highest BCUT2D eigenvalue weighted by Gasteiger charge is 2.40. The third-order valence-electron chi connectivity index (χ3n) is 11.1. The van der Waals surface area contributed by atoms with Crippen LogP contribution in [0.5, 0.6) is 17.2 Å². The molecule has 54 heavy (non-hydrogen) atoms. The standard InChI is InChI=1S/C40H60N3O10P/c1-7-43(8-2,26-31-14-13-30(34(44)25-42-39(3,4)5)23-36(31)51-28-52-54(46,47)48)21-22-50-38(45)29-17-19-40(27-41,20-18-29)32-15-16-35(49-6)37(24-32)53-33-11-9-10-12-33/h13-16,23-24,29,33-34,42,44H,7-12,17-22,25-26,28H2,1-6H3,(H-,46,47,48)/p+1. The summed E-state index contributed by atoms with van der Waals surface area (Å²) in [5.41, 5.74) is 1.30. The number of hydrogen-bond donors (Lipinski definition) is 4. The van der Waals surface area contributed by atoms with Crippen LogP contribution in [0.25, 0.3) is 0 Å². The number of aliphatic hydroxyl groups excluding tert-OH is 1. The third-order valence-corrected chi connectivity index (χ3v) is 11.5. The summed E-state index contributed by atoms with van der Waals surface area (Å²) in [4.78, 5) is 31.8. The van der Waals surface area contributed by atoms with Gasteiger partial charge in [-0.15, -0.1) is 0 Å². The number of benzene rings is 2. The number of aliphatic hydroxyl groups is 1. The fourth-order valence-electron chi connectivity index (χ4n) is 7.45. The molecule has 0 bridgehead atoms. The van der Waals surface area contributed by atoms with E-state index in [2.05, 4.69) is 29.8 Å². The van der Waals surface area contributed by atoms with Crippen LogP contribution in [0.3, 0.4) is 0 Å². The monoisotopic (exact) mass is 774 g/mol. The number of methoxy groups -OCH3 is 1. The molecule has 2 aromatic rings. The minimum absolute atomic E-state index is 0.154. The summed E-state index contributed by atoms with van der Waals surface area (Å²) in [5, 5.41) is 24.6. The van der Waals surface area contributed by atoms with Crippen LogP contribution < -0.4 is 19.5 Å². The number of nitrogens with one attached hydrogen (secondary N) is 1. The Morgan fingerprint density at radius 1 is 1.04 bits per heavy atom. The number of hydrogen-bond acceptors (Lipinski definition) is 10. The van der Waals surface area contributed by atoms with Crippen molar-refractivity contribution in [3.8, 4) is 23.3 Å². The number of quaternary nitrogens is 1. The van der Waals surface area contributed by atoms with Gasteiger partial charge in [0.2, 0.25) is 0 Å². The van der Waals surface area contributed by atoms with Gasteiger partial charge in [-0.3, -0.25) is 4.79 Å². The summed E-state index contributed by atoms with van der Waals surface area (Å²) in [6.07, 6.45) is 5.78. The van der Waals surface area contributed by atoms with Crippen molar-refractivity contribution in [2.24, 2.45) is 5.92 Å². The molecule has 0 amide bonds. The summed E-state index contributed by atoms with van der Waals surface area (Å²) in [6.45, 7) is 12.4. The van der Waals surface area contributed by atoms with Crippen LogP contribution in [0.15, 0.2) is 36.4 Å². The number of nitriles is 1. The van der Waals surface area contributed by atoms with Crippen LogP contribution in [0, 0.1) is 17.2 Å². The number of carbonyl (C=O) groups is 1. The summed E-state index contributed by atoms with van der Waals surface area (Å²) in [7, 11) is -3.14. The predicted octanol–water partition coefficient (Wildman–Crippen LogP) is 6.44. The first kappa shape index (κ1) is 43.5. The van der Waals surface area contributed by atoms with Crippen molar-refractivity contribution < 1.29 is 52.2 Å². The zero-order valence-electron chi connectivity index (χ0n) is 32.8. The zero-order chi connectivity index (χ0) is 39.6. The van der Waals surface area contributed by atoms with Crippen LogP contribution >= 0.6 is 7.82 Å².